The predicted octanol–water partition coefficient (Wildman–Crippen LogP) is -1.79. The third kappa shape index (κ3) is 6.09. The molecule has 0 aromatic heterocycles. The zero-order valence-corrected chi connectivity index (χ0v) is 13.8. The Morgan fingerprint density at radius 1 is 1.15 bits per heavy atom. The van der Waals surface area contributed by atoms with Gasteiger partial charge in [-0.25, -0.2) is 15.2 Å². The normalized spacial score (nSPS) is 11.1. The Balaban J connectivity index is 2.72. The molecular weight excluding hydrogens is 346 g/mol. The molecule has 26 heavy (non-hydrogen) atoms. The van der Waals surface area contributed by atoms with Crippen molar-refractivity contribution in [3.63, 3.8) is 0 Å². The number of urea groups is 1. The average Bonchev–Trinajstić information content (AvgIpc) is 2.56. The van der Waals surface area contributed by atoms with Gasteiger partial charge in [-0.05, 0) is 24.3 Å². The van der Waals surface area contributed by atoms with Crippen molar-refractivity contribution in [2.75, 3.05) is 7.05 Å². The molecule has 0 saturated heterocycles. The summed E-state index contributed by atoms with van der Waals surface area (Å²) in [5, 5.41) is 8.92. The number of benzene rings is 1. The molecule has 0 fully saturated rings. The summed E-state index contributed by atoms with van der Waals surface area (Å²) in [5.41, 5.74) is 20.2. The Hall–Kier alpha value is -3.67. The summed E-state index contributed by atoms with van der Waals surface area (Å²) >= 11 is 0. The summed E-state index contributed by atoms with van der Waals surface area (Å²) in [5.74, 6) is -3.07. The van der Waals surface area contributed by atoms with Crippen LogP contribution in [0.3, 0.4) is 0 Å². The van der Waals surface area contributed by atoms with Crippen molar-refractivity contribution in [3.05, 3.63) is 29.8 Å². The maximum absolute atomic E-state index is 12.2. The first-order valence-corrected chi connectivity index (χ1v) is 7.16. The van der Waals surface area contributed by atoms with Crippen molar-refractivity contribution in [1.82, 2.24) is 15.8 Å². The summed E-state index contributed by atoms with van der Waals surface area (Å²) < 4.78 is 0. The zero-order valence-electron chi connectivity index (χ0n) is 13.8. The topological polar surface area (TPSA) is 206 Å². The molecular formula is C14H19N7O5. The lowest BCUT2D eigenvalue weighted by Gasteiger charge is -2.19. The number of nitrogens with one attached hydrogen (secondary N) is 2. The van der Waals surface area contributed by atoms with Gasteiger partial charge in [0, 0.05) is 12.6 Å². The molecule has 1 aromatic rings. The van der Waals surface area contributed by atoms with Gasteiger partial charge in [0.1, 0.15) is 6.04 Å². The molecule has 1 aromatic carbocycles. The first-order chi connectivity index (χ1) is 12.1. The Labute approximate surface area is 148 Å². The molecule has 12 nitrogen and oxygen atoms in total. The third-order valence-corrected chi connectivity index (χ3v) is 3.04. The van der Waals surface area contributed by atoms with Crippen LogP contribution in [-0.4, -0.2) is 52.9 Å². The fraction of sp³-hybridized carbons (Fsp3) is 0.214. The summed E-state index contributed by atoms with van der Waals surface area (Å²) in [6, 6.07) is 3.41. The molecule has 1 rings (SSSR count). The number of rotatable bonds is 7. The SMILES string of the molecule is CN(C(=O)NN[C@@H](CC(N)=O)C(=O)O)C(=O)c1ccc(N=C(N)N)cc1. The molecule has 4 amide bonds. The van der Waals surface area contributed by atoms with Gasteiger partial charge in [-0.15, -0.1) is 0 Å². The average molecular weight is 365 g/mol. The first kappa shape index (κ1) is 20.4. The summed E-state index contributed by atoms with van der Waals surface area (Å²) in [6.45, 7) is 0. The van der Waals surface area contributed by atoms with E-state index in [-0.39, 0.29) is 11.5 Å². The number of hydrogen-bond acceptors (Lipinski definition) is 6. The lowest BCUT2D eigenvalue weighted by molar-refractivity contribution is -0.141. The molecule has 1 atom stereocenters. The molecule has 0 radical (unpaired) electrons. The Morgan fingerprint density at radius 2 is 1.73 bits per heavy atom. The highest BCUT2D eigenvalue weighted by Gasteiger charge is 2.23. The van der Waals surface area contributed by atoms with Crippen LogP contribution in [0, 0.1) is 0 Å². The van der Waals surface area contributed by atoms with Crippen molar-refractivity contribution in [2.24, 2.45) is 22.2 Å². The molecule has 0 bridgehead atoms. The molecule has 0 aliphatic heterocycles. The molecule has 12 heteroatoms. The van der Waals surface area contributed by atoms with Crippen molar-refractivity contribution >= 4 is 35.5 Å². The van der Waals surface area contributed by atoms with E-state index in [0.29, 0.717) is 10.6 Å². The minimum absolute atomic E-state index is 0.143. The highest BCUT2D eigenvalue weighted by molar-refractivity contribution is 6.04. The van der Waals surface area contributed by atoms with E-state index in [9.17, 15) is 19.2 Å². The molecule has 0 aliphatic carbocycles. The number of carbonyl (C=O) groups is 4. The zero-order chi connectivity index (χ0) is 19.9. The number of imide groups is 1. The Morgan fingerprint density at radius 3 is 2.19 bits per heavy atom. The molecule has 0 saturated carbocycles. The highest BCUT2D eigenvalue weighted by atomic mass is 16.4. The van der Waals surface area contributed by atoms with Gasteiger partial charge in [0.15, 0.2) is 5.96 Å². The second-order valence-electron chi connectivity index (χ2n) is 5.08. The number of aliphatic carboxylic acids is 1. The number of hydrazine groups is 1. The predicted molar refractivity (Wildman–Crippen MR) is 90.9 cm³/mol. The van der Waals surface area contributed by atoms with Crippen LogP contribution >= 0.6 is 0 Å². The lowest BCUT2D eigenvalue weighted by atomic mass is 10.2. The van der Waals surface area contributed by atoms with E-state index in [2.05, 4.69) is 10.4 Å². The van der Waals surface area contributed by atoms with E-state index < -0.39 is 36.3 Å². The Bertz CT molecular complexity index is 728. The molecule has 0 unspecified atom stereocenters. The standard InChI is InChI=1S/C14H19N7O5/c1-21(14(26)20-19-9(12(24)25)6-10(15)22)11(23)7-2-4-8(5-3-7)18-13(16)17/h2-5,9,19H,6H2,1H3,(H2,15,22)(H,20,26)(H,24,25)(H4,16,17,18)/t9-/m0/s1. The molecule has 0 spiro atoms. The maximum Gasteiger partial charge on any atom is 0.338 e. The minimum Gasteiger partial charge on any atom is -0.480 e. The van der Waals surface area contributed by atoms with Gasteiger partial charge >= 0.3 is 12.0 Å². The number of nitrogens with two attached hydrogens (primary N) is 3. The number of nitrogens with zero attached hydrogens (tertiary/aromatic N) is 2. The van der Waals surface area contributed by atoms with Crippen LogP contribution in [0.1, 0.15) is 16.8 Å². The van der Waals surface area contributed by atoms with Gasteiger partial charge in [0.05, 0.1) is 12.1 Å². The van der Waals surface area contributed by atoms with E-state index in [0.717, 1.165) is 0 Å². The number of carboxylic acid groups (broad SMARTS) is 1. The number of amides is 4. The fourth-order valence-electron chi connectivity index (χ4n) is 1.75. The second-order valence-corrected chi connectivity index (χ2v) is 5.08. The van der Waals surface area contributed by atoms with Crippen LogP contribution < -0.4 is 28.1 Å². The molecule has 9 N–H and O–H groups in total. The third-order valence-electron chi connectivity index (χ3n) is 3.04. The van der Waals surface area contributed by atoms with Gasteiger partial charge in [-0.3, -0.25) is 24.7 Å². The van der Waals surface area contributed by atoms with E-state index in [4.69, 9.17) is 22.3 Å². The number of aliphatic imine (C=N–C) groups is 1. The van der Waals surface area contributed by atoms with E-state index in [1.54, 1.807) is 0 Å². The van der Waals surface area contributed by atoms with Crippen LogP contribution in [0.5, 0.6) is 0 Å². The monoisotopic (exact) mass is 365 g/mol. The van der Waals surface area contributed by atoms with Gasteiger partial charge in [-0.2, -0.15) is 0 Å². The van der Waals surface area contributed by atoms with Gasteiger partial charge < -0.3 is 22.3 Å². The van der Waals surface area contributed by atoms with Crippen molar-refractivity contribution in [3.8, 4) is 0 Å². The summed E-state index contributed by atoms with van der Waals surface area (Å²) in [4.78, 5) is 50.4. The van der Waals surface area contributed by atoms with Gasteiger partial charge in [0.2, 0.25) is 5.91 Å². The Kier molecular flexibility index (Phi) is 7.04. The van der Waals surface area contributed by atoms with E-state index in [1.807, 2.05) is 5.43 Å². The number of carboxylic acids is 1. The first-order valence-electron chi connectivity index (χ1n) is 7.16. The van der Waals surface area contributed by atoms with Crippen LogP contribution in [0.4, 0.5) is 10.5 Å². The fourth-order valence-corrected chi connectivity index (χ4v) is 1.75. The molecule has 140 valence electrons. The largest absolute Gasteiger partial charge is 0.480 e. The lowest BCUT2D eigenvalue weighted by Crippen LogP contribution is -2.53. The minimum atomic E-state index is -1.43. The van der Waals surface area contributed by atoms with Crippen LogP contribution in [-0.2, 0) is 9.59 Å². The summed E-state index contributed by atoms with van der Waals surface area (Å²) in [7, 11) is 1.19. The van der Waals surface area contributed by atoms with Crippen molar-refractivity contribution in [1.29, 1.82) is 0 Å². The van der Waals surface area contributed by atoms with Gasteiger partial charge in [0.25, 0.3) is 5.91 Å². The van der Waals surface area contributed by atoms with Crippen molar-refractivity contribution < 1.29 is 24.3 Å². The number of hydrogen-bond donors (Lipinski definition) is 6. The number of guanidine groups is 1. The maximum atomic E-state index is 12.2. The van der Waals surface area contributed by atoms with Crippen LogP contribution in [0.25, 0.3) is 0 Å². The quantitative estimate of drug-likeness (QED) is 0.184. The van der Waals surface area contributed by atoms with E-state index in [1.165, 1.54) is 31.3 Å². The number of carbonyl (C=O) groups excluding carboxylic acids is 3. The second kappa shape index (κ2) is 8.98. The number of primary amides is 1. The molecule has 0 heterocycles. The van der Waals surface area contributed by atoms with Crippen molar-refractivity contribution in [2.45, 2.75) is 12.5 Å². The smallest absolute Gasteiger partial charge is 0.338 e. The van der Waals surface area contributed by atoms with Crippen LogP contribution in [0.15, 0.2) is 29.3 Å². The van der Waals surface area contributed by atoms with Crippen LogP contribution in [0.2, 0.25) is 0 Å². The highest BCUT2D eigenvalue weighted by Crippen LogP contribution is 2.13. The molecule has 0 aliphatic rings. The van der Waals surface area contributed by atoms with Gasteiger partial charge in [-0.1, -0.05) is 0 Å². The summed E-state index contributed by atoms with van der Waals surface area (Å²) in [6.07, 6.45) is -0.542. The van der Waals surface area contributed by atoms with E-state index >= 15 is 0 Å².